The molecule has 128 valence electrons. The van der Waals surface area contributed by atoms with Gasteiger partial charge in [-0.3, -0.25) is 4.79 Å². The number of benzene rings is 2. The minimum atomic E-state index is -0.266. The van der Waals surface area contributed by atoms with E-state index in [4.69, 9.17) is 5.73 Å². The number of thiazole rings is 1. The quantitative estimate of drug-likeness (QED) is 0.715. The number of anilines is 1. The summed E-state index contributed by atoms with van der Waals surface area (Å²) in [5.74, 6) is -0.309. The zero-order valence-corrected chi connectivity index (χ0v) is 14.9. The maximum atomic E-state index is 13.6. The van der Waals surface area contributed by atoms with E-state index in [9.17, 15) is 9.18 Å². The number of nitrogens with zero attached hydrogens (tertiary/aromatic N) is 2. The lowest BCUT2D eigenvalue weighted by atomic mass is 9.92. The Kier molecular flexibility index (Phi) is 3.72. The van der Waals surface area contributed by atoms with Crippen molar-refractivity contribution in [2.75, 3.05) is 12.3 Å². The number of nitrogen functional groups attached to an aromatic ring is 1. The molecule has 3 aromatic rings. The number of hydrogen-bond acceptors (Lipinski definition) is 4. The fourth-order valence-corrected chi connectivity index (χ4v) is 4.42. The van der Waals surface area contributed by atoms with Gasteiger partial charge in [0.2, 0.25) is 0 Å². The molecule has 0 saturated heterocycles. The molecule has 0 radical (unpaired) electrons. The third-order valence-electron chi connectivity index (χ3n) is 4.86. The minimum absolute atomic E-state index is 0.0422. The lowest BCUT2D eigenvalue weighted by Gasteiger charge is -2.35. The molecule has 2 aromatic carbocycles. The maximum absolute atomic E-state index is 13.6. The molecule has 0 saturated carbocycles. The molecule has 1 atom stereocenters. The summed E-state index contributed by atoms with van der Waals surface area (Å²) in [7, 11) is 0. The lowest BCUT2D eigenvalue weighted by Crippen LogP contribution is -2.39. The van der Waals surface area contributed by atoms with Gasteiger partial charge in [0.05, 0.1) is 16.3 Å². The maximum Gasteiger partial charge on any atom is 0.254 e. The van der Waals surface area contributed by atoms with Crippen molar-refractivity contribution in [1.82, 2.24) is 9.88 Å². The Morgan fingerprint density at radius 3 is 2.96 bits per heavy atom. The van der Waals surface area contributed by atoms with E-state index in [2.05, 4.69) is 4.98 Å². The number of nitrogens with two attached hydrogens (primary N) is 1. The van der Waals surface area contributed by atoms with Crippen molar-refractivity contribution in [3.63, 3.8) is 0 Å². The Bertz CT molecular complexity index is 998. The number of aryl methyl sites for hydroxylation is 1. The van der Waals surface area contributed by atoms with E-state index < -0.39 is 0 Å². The van der Waals surface area contributed by atoms with Crippen LogP contribution >= 0.6 is 11.3 Å². The summed E-state index contributed by atoms with van der Waals surface area (Å²) in [5.41, 5.74) is 10.2. The van der Waals surface area contributed by atoms with E-state index in [1.54, 1.807) is 0 Å². The average molecular weight is 355 g/mol. The first-order valence-corrected chi connectivity index (χ1v) is 9.01. The minimum Gasteiger partial charge on any atom is -0.375 e. The first-order chi connectivity index (χ1) is 11.9. The molecule has 0 fully saturated rings. The fraction of sp³-hybridized carbons (Fsp3) is 0.263. The van der Waals surface area contributed by atoms with Crippen LogP contribution in [0.2, 0.25) is 0 Å². The van der Waals surface area contributed by atoms with Crippen LogP contribution in [0.25, 0.3) is 10.2 Å². The molecule has 1 aliphatic rings. The second kappa shape index (κ2) is 5.81. The molecule has 4 rings (SSSR count). The second-order valence-corrected chi connectivity index (χ2v) is 7.52. The number of aromatic nitrogens is 1. The first-order valence-electron chi connectivity index (χ1n) is 8.20. The Hall–Kier alpha value is -2.47. The number of halogens is 1. The van der Waals surface area contributed by atoms with Crippen molar-refractivity contribution < 1.29 is 9.18 Å². The number of carbonyl (C=O) groups excluding carboxylic acids is 1. The van der Waals surface area contributed by atoms with Crippen molar-refractivity contribution in [2.45, 2.75) is 26.3 Å². The summed E-state index contributed by atoms with van der Waals surface area (Å²) < 4.78 is 14.5. The Labute approximate surface area is 149 Å². The third kappa shape index (κ3) is 2.66. The van der Waals surface area contributed by atoms with Crippen LogP contribution in [0.3, 0.4) is 0 Å². The van der Waals surface area contributed by atoms with Crippen LogP contribution in [0.4, 0.5) is 9.52 Å². The molecular weight excluding hydrogens is 337 g/mol. The van der Waals surface area contributed by atoms with Crippen molar-refractivity contribution in [3.8, 4) is 0 Å². The summed E-state index contributed by atoms with van der Waals surface area (Å²) in [6.45, 7) is 4.51. The molecule has 0 bridgehead atoms. The van der Waals surface area contributed by atoms with E-state index in [-0.39, 0.29) is 17.8 Å². The highest BCUT2D eigenvalue weighted by atomic mass is 32.1. The highest BCUT2D eigenvalue weighted by molar-refractivity contribution is 7.22. The highest BCUT2D eigenvalue weighted by Gasteiger charge is 2.29. The van der Waals surface area contributed by atoms with Gasteiger partial charge < -0.3 is 10.6 Å². The predicted molar refractivity (Wildman–Crippen MR) is 98.3 cm³/mol. The average Bonchev–Trinajstić information content (AvgIpc) is 2.96. The van der Waals surface area contributed by atoms with Gasteiger partial charge in [-0.05, 0) is 61.2 Å². The van der Waals surface area contributed by atoms with Crippen molar-refractivity contribution in [2.24, 2.45) is 0 Å². The number of carbonyl (C=O) groups is 1. The molecule has 4 nitrogen and oxygen atoms in total. The van der Waals surface area contributed by atoms with Gasteiger partial charge >= 0.3 is 0 Å². The largest absolute Gasteiger partial charge is 0.375 e. The van der Waals surface area contributed by atoms with Gasteiger partial charge in [-0.15, -0.1) is 0 Å². The van der Waals surface area contributed by atoms with E-state index in [1.807, 2.05) is 36.9 Å². The van der Waals surface area contributed by atoms with Gasteiger partial charge in [-0.1, -0.05) is 17.4 Å². The Balaban J connectivity index is 1.72. The molecule has 2 heterocycles. The highest BCUT2D eigenvalue weighted by Crippen LogP contribution is 2.33. The molecule has 0 unspecified atom stereocenters. The van der Waals surface area contributed by atoms with Gasteiger partial charge in [0.1, 0.15) is 5.82 Å². The Morgan fingerprint density at radius 1 is 1.36 bits per heavy atom. The molecule has 1 aliphatic heterocycles. The van der Waals surface area contributed by atoms with Crippen LogP contribution in [0.1, 0.15) is 40.0 Å². The number of hydrogen-bond donors (Lipinski definition) is 1. The van der Waals surface area contributed by atoms with E-state index in [1.165, 1.54) is 23.5 Å². The lowest BCUT2D eigenvalue weighted by molar-refractivity contribution is 0.0677. The molecule has 0 aliphatic carbocycles. The van der Waals surface area contributed by atoms with Gasteiger partial charge in [-0.25, -0.2) is 9.37 Å². The van der Waals surface area contributed by atoms with Crippen LogP contribution in [0.5, 0.6) is 0 Å². The van der Waals surface area contributed by atoms with E-state index in [0.29, 0.717) is 17.2 Å². The summed E-state index contributed by atoms with van der Waals surface area (Å²) >= 11 is 1.38. The van der Waals surface area contributed by atoms with Crippen molar-refractivity contribution >= 4 is 32.6 Å². The summed E-state index contributed by atoms with van der Waals surface area (Å²) in [6, 6.07) is 8.39. The molecule has 25 heavy (non-hydrogen) atoms. The zero-order valence-electron chi connectivity index (χ0n) is 14.0. The smallest absolute Gasteiger partial charge is 0.254 e. The zero-order chi connectivity index (χ0) is 17.7. The molecule has 6 heteroatoms. The molecule has 1 aromatic heterocycles. The molecule has 2 N–H and O–H groups in total. The fourth-order valence-electron chi connectivity index (χ4n) is 3.57. The molecule has 0 spiro atoms. The van der Waals surface area contributed by atoms with Gasteiger partial charge in [0, 0.05) is 12.1 Å². The van der Waals surface area contributed by atoms with Crippen LogP contribution in [0.15, 0.2) is 30.3 Å². The number of amides is 1. The third-order valence-corrected chi connectivity index (χ3v) is 5.69. The van der Waals surface area contributed by atoms with E-state index in [0.717, 1.165) is 33.3 Å². The SMILES string of the molecule is Cc1cc(C(=O)N2CCc3ccc(F)cc3[C@H]2C)cc2sc(N)nc12. The van der Waals surface area contributed by atoms with Crippen LogP contribution < -0.4 is 5.73 Å². The van der Waals surface area contributed by atoms with Gasteiger partial charge in [-0.2, -0.15) is 0 Å². The molecular formula is C19H18FN3OS. The standard InChI is InChI=1S/C19H18FN3OS/c1-10-7-13(8-16-17(10)22-19(21)25-16)18(24)23-6-5-12-3-4-14(20)9-15(12)11(23)2/h3-4,7-9,11H,5-6H2,1-2H3,(H2,21,22)/t11-/m1/s1. The predicted octanol–water partition coefficient (Wildman–Crippen LogP) is 4.09. The second-order valence-electron chi connectivity index (χ2n) is 6.46. The number of fused-ring (bicyclic) bond motifs is 2. The summed E-state index contributed by atoms with van der Waals surface area (Å²) in [6.07, 6.45) is 0.737. The summed E-state index contributed by atoms with van der Waals surface area (Å²) in [5, 5.41) is 0.499. The van der Waals surface area contributed by atoms with Crippen LogP contribution in [-0.2, 0) is 6.42 Å². The van der Waals surface area contributed by atoms with E-state index >= 15 is 0 Å². The van der Waals surface area contributed by atoms with Gasteiger partial charge in [0.25, 0.3) is 5.91 Å². The van der Waals surface area contributed by atoms with Crippen LogP contribution in [0, 0.1) is 12.7 Å². The van der Waals surface area contributed by atoms with Gasteiger partial charge in [0.15, 0.2) is 5.13 Å². The normalized spacial score (nSPS) is 16.9. The topological polar surface area (TPSA) is 59.2 Å². The Morgan fingerprint density at radius 2 is 2.16 bits per heavy atom. The van der Waals surface area contributed by atoms with Crippen molar-refractivity contribution in [3.05, 3.63) is 58.4 Å². The molecule has 1 amide bonds. The number of rotatable bonds is 1. The summed E-state index contributed by atoms with van der Waals surface area (Å²) in [4.78, 5) is 19.2. The monoisotopic (exact) mass is 355 g/mol. The first kappa shape index (κ1) is 16.0. The van der Waals surface area contributed by atoms with Crippen molar-refractivity contribution in [1.29, 1.82) is 0 Å². The van der Waals surface area contributed by atoms with Crippen LogP contribution in [-0.4, -0.2) is 22.3 Å².